The summed E-state index contributed by atoms with van der Waals surface area (Å²) in [5.74, 6) is 0. The lowest BCUT2D eigenvalue weighted by molar-refractivity contribution is 0.235. The summed E-state index contributed by atoms with van der Waals surface area (Å²) in [6.45, 7) is 2.12. The van der Waals surface area contributed by atoms with E-state index >= 15 is 0 Å². The van der Waals surface area contributed by atoms with Crippen molar-refractivity contribution in [1.82, 2.24) is 10.6 Å². The highest BCUT2D eigenvalue weighted by Gasteiger charge is 2.22. The summed E-state index contributed by atoms with van der Waals surface area (Å²) < 4.78 is 0. The normalized spacial score (nSPS) is 9.53. The van der Waals surface area contributed by atoms with Crippen molar-refractivity contribution in [2.75, 3.05) is 18.0 Å². The van der Waals surface area contributed by atoms with E-state index in [2.05, 4.69) is 10.6 Å². The zero-order valence-corrected chi connectivity index (χ0v) is 10.7. The van der Waals surface area contributed by atoms with Crippen LogP contribution in [0.1, 0.15) is 13.3 Å². The van der Waals surface area contributed by atoms with E-state index in [1.807, 2.05) is 6.92 Å². The topological polar surface area (TPSA) is 78.5 Å². The van der Waals surface area contributed by atoms with Gasteiger partial charge in [0.05, 0.1) is 12.2 Å². The molecule has 0 saturated heterocycles. The minimum Gasteiger partial charge on any atom is -0.337 e. The lowest BCUT2D eigenvalue weighted by atomic mass is 10.3. The van der Waals surface area contributed by atoms with E-state index in [-0.39, 0.29) is 6.54 Å². The van der Waals surface area contributed by atoms with Crippen molar-refractivity contribution in [1.29, 1.82) is 0 Å². The highest BCUT2D eigenvalue weighted by atomic mass is 16.2. The van der Waals surface area contributed by atoms with Crippen molar-refractivity contribution in [3.05, 3.63) is 30.3 Å². The molecule has 0 unspecified atom stereocenters. The molecule has 6 heteroatoms. The van der Waals surface area contributed by atoms with Crippen molar-refractivity contribution in [3.63, 3.8) is 0 Å². The fourth-order valence-corrected chi connectivity index (χ4v) is 1.41. The molecule has 19 heavy (non-hydrogen) atoms. The molecule has 0 aliphatic heterocycles. The van der Waals surface area contributed by atoms with Gasteiger partial charge in [0, 0.05) is 6.54 Å². The van der Waals surface area contributed by atoms with Gasteiger partial charge in [0.25, 0.3) is 0 Å². The number of benzene rings is 1. The molecule has 4 amide bonds. The number of hydrogen-bond acceptors (Lipinski definition) is 3. The summed E-state index contributed by atoms with van der Waals surface area (Å²) in [6.07, 6.45) is 2.31. The standard InChI is InChI=1S/C13H16N3O3/c1-2-8-14-12(18)16(13(19)15-9-10-17)11-6-4-3-5-7-11/h3-7H,2,8-9H2,1H3,(H,14,18)(H,15,19). The van der Waals surface area contributed by atoms with E-state index in [4.69, 9.17) is 0 Å². The van der Waals surface area contributed by atoms with E-state index in [1.165, 1.54) is 0 Å². The van der Waals surface area contributed by atoms with Gasteiger partial charge in [-0.15, -0.1) is 0 Å². The van der Waals surface area contributed by atoms with Crippen LogP contribution in [-0.4, -0.2) is 31.4 Å². The minimum atomic E-state index is -0.664. The zero-order valence-electron chi connectivity index (χ0n) is 10.7. The molecule has 1 aromatic rings. The Hall–Kier alpha value is -2.37. The van der Waals surface area contributed by atoms with Gasteiger partial charge in [-0.25, -0.2) is 14.5 Å². The summed E-state index contributed by atoms with van der Waals surface area (Å²) in [7, 11) is 0. The molecule has 0 fully saturated rings. The van der Waals surface area contributed by atoms with Crippen LogP contribution in [0.15, 0.2) is 30.3 Å². The number of anilines is 1. The zero-order chi connectivity index (χ0) is 14.1. The minimum absolute atomic E-state index is 0.261. The average Bonchev–Trinajstić information content (AvgIpc) is 2.44. The number of hydrogen-bond donors (Lipinski definition) is 2. The Morgan fingerprint density at radius 3 is 2.37 bits per heavy atom. The summed E-state index contributed by atoms with van der Waals surface area (Å²) >= 11 is 0. The maximum atomic E-state index is 12.0. The first kappa shape index (κ1) is 14.7. The van der Waals surface area contributed by atoms with Gasteiger partial charge in [-0.1, -0.05) is 25.1 Å². The Bertz CT molecular complexity index is 434. The Kier molecular flexibility index (Phi) is 6.08. The van der Waals surface area contributed by atoms with Crippen molar-refractivity contribution < 1.29 is 14.4 Å². The highest BCUT2D eigenvalue weighted by Crippen LogP contribution is 2.13. The number of nitrogens with zero attached hydrogens (tertiary/aromatic N) is 1. The molecule has 0 aromatic heterocycles. The maximum absolute atomic E-state index is 12.0. The van der Waals surface area contributed by atoms with Gasteiger partial charge in [0.1, 0.15) is 0 Å². The van der Waals surface area contributed by atoms with Gasteiger partial charge in [0.15, 0.2) is 0 Å². The summed E-state index contributed by atoms with van der Waals surface area (Å²) in [5, 5.41) is 4.91. The quantitative estimate of drug-likeness (QED) is 0.842. The third kappa shape index (κ3) is 4.42. The number of rotatable bonds is 5. The molecule has 1 aromatic carbocycles. The molecule has 2 N–H and O–H groups in total. The van der Waals surface area contributed by atoms with Gasteiger partial charge >= 0.3 is 12.1 Å². The third-order valence-electron chi connectivity index (χ3n) is 2.26. The number of nitrogens with one attached hydrogen (secondary N) is 2. The van der Waals surface area contributed by atoms with Crippen molar-refractivity contribution in [2.45, 2.75) is 13.3 Å². The highest BCUT2D eigenvalue weighted by molar-refractivity contribution is 6.13. The molecule has 0 atom stereocenters. The molecular weight excluding hydrogens is 246 g/mol. The number of amides is 4. The van der Waals surface area contributed by atoms with Crippen molar-refractivity contribution >= 4 is 24.0 Å². The predicted octanol–water partition coefficient (Wildman–Crippen LogP) is 1.43. The van der Waals surface area contributed by atoms with Gasteiger partial charge < -0.3 is 10.6 Å². The number of para-hydroxylation sites is 1. The lowest BCUT2D eigenvalue weighted by Gasteiger charge is -2.21. The summed E-state index contributed by atoms with van der Waals surface area (Å²) in [4.78, 5) is 34.9. The maximum Gasteiger partial charge on any atom is 0.330 e. The number of carbonyl (C=O) groups is 2. The lowest BCUT2D eigenvalue weighted by Crippen LogP contribution is -2.49. The monoisotopic (exact) mass is 262 g/mol. The fraction of sp³-hybridized carbons (Fsp3) is 0.308. The van der Waals surface area contributed by atoms with E-state index in [0.717, 1.165) is 11.3 Å². The second-order valence-corrected chi connectivity index (χ2v) is 3.71. The van der Waals surface area contributed by atoms with Crippen LogP contribution in [0.2, 0.25) is 0 Å². The Morgan fingerprint density at radius 2 is 1.79 bits per heavy atom. The smallest absolute Gasteiger partial charge is 0.330 e. The Labute approximate surface area is 111 Å². The first-order valence-electron chi connectivity index (χ1n) is 5.96. The second-order valence-electron chi connectivity index (χ2n) is 3.71. The van der Waals surface area contributed by atoms with Gasteiger partial charge in [0.2, 0.25) is 6.29 Å². The van der Waals surface area contributed by atoms with Crippen LogP contribution in [0.5, 0.6) is 0 Å². The van der Waals surface area contributed by atoms with E-state index in [1.54, 1.807) is 36.6 Å². The van der Waals surface area contributed by atoms with Gasteiger partial charge in [-0.05, 0) is 18.6 Å². The summed E-state index contributed by atoms with van der Waals surface area (Å²) in [6, 6.07) is 7.29. The van der Waals surface area contributed by atoms with Crippen LogP contribution in [0.25, 0.3) is 0 Å². The number of urea groups is 2. The predicted molar refractivity (Wildman–Crippen MR) is 71.7 cm³/mol. The molecule has 6 nitrogen and oxygen atoms in total. The third-order valence-corrected chi connectivity index (χ3v) is 2.26. The molecule has 1 radical (unpaired) electrons. The molecular formula is C13H16N3O3. The summed E-state index contributed by atoms with van der Waals surface area (Å²) in [5.41, 5.74) is 0.430. The first-order valence-corrected chi connectivity index (χ1v) is 5.96. The Balaban J connectivity index is 2.87. The van der Waals surface area contributed by atoms with Crippen LogP contribution >= 0.6 is 0 Å². The largest absolute Gasteiger partial charge is 0.337 e. The number of imide groups is 1. The Morgan fingerprint density at radius 1 is 1.16 bits per heavy atom. The fourth-order valence-electron chi connectivity index (χ4n) is 1.41. The van der Waals surface area contributed by atoms with Crippen molar-refractivity contribution in [3.8, 4) is 0 Å². The molecule has 0 aliphatic rings. The second kappa shape index (κ2) is 7.86. The SMILES string of the molecule is CCCNC(=O)N(C(=O)NC[C]=O)c1ccccc1. The molecule has 0 bridgehead atoms. The molecule has 0 aliphatic carbocycles. The van der Waals surface area contributed by atoms with E-state index in [9.17, 15) is 14.4 Å². The van der Waals surface area contributed by atoms with Crippen LogP contribution in [0, 0.1) is 0 Å². The van der Waals surface area contributed by atoms with Crippen molar-refractivity contribution in [2.24, 2.45) is 0 Å². The van der Waals surface area contributed by atoms with E-state index in [0.29, 0.717) is 12.2 Å². The van der Waals surface area contributed by atoms with E-state index < -0.39 is 12.1 Å². The van der Waals surface area contributed by atoms with Gasteiger partial charge in [-0.2, -0.15) is 0 Å². The number of carbonyl (C=O) groups excluding carboxylic acids is 3. The van der Waals surface area contributed by atoms with Gasteiger partial charge in [-0.3, -0.25) is 4.79 Å². The van der Waals surface area contributed by atoms with Crippen LogP contribution in [-0.2, 0) is 4.79 Å². The molecule has 0 saturated carbocycles. The van der Waals surface area contributed by atoms with Crippen LogP contribution in [0.3, 0.4) is 0 Å². The molecule has 101 valence electrons. The van der Waals surface area contributed by atoms with Crippen LogP contribution in [0.4, 0.5) is 15.3 Å². The molecule has 0 heterocycles. The van der Waals surface area contributed by atoms with Crippen LogP contribution < -0.4 is 15.5 Å². The molecule has 1 rings (SSSR count). The molecule has 0 spiro atoms. The first-order chi connectivity index (χ1) is 9.20. The average molecular weight is 262 g/mol.